The van der Waals surface area contributed by atoms with Crippen LogP contribution in [0.4, 0.5) is 0 Å². The molecule has 12 heteroatoms. The summed E-state index contributed by atoms with van der Waals surface area (Å²) in [5.41, 5.74) is 4.33. The van der Waals surface area contributed by atoms with Crippen LogP contribution in [0.2, 0.25) is 10.0 Å². The third-order valence-electron chi connectivity index (χ3n) is 4.62. The number of hydrogen-bond donors (Lipinski definition) is 1. The predicted octanol–water partition coefficient (Wildman–Crippen LogP) is 6.54. The summed E-state index contributed by atoms with van der Waals surface area (Å²) in [6.07, 6.45) is 1.54. The van der Waals surface area contributed by atoms with Crippen LogP contribution in [0.3, 0.4) is 0 Å². The maximum atomic E-state index is 12.1. The van der Waals surface area contributed by atoms with Crippen LogP contribution in [-0.4, -0.2) is 28.1 Å². The van der Waals surface area contributed by atoms with Crippen LogP contribution in [-0.2, 0) is 18.0 Å². The van der Waals surface area contributed by atoms with E-state index in [1.165, 1.54) is 0 Å². The average Bonchev–Trinajstić information content (AvgIpc) is 3.35. The van der Waals surface area contributed by atoms with Gasteiger partial charge in [0.25, 0.3) is 17.0 Å². The van der Waals surface area contributed by atoms with Gasteiger partial charge in [0, 0.05) is 5.02 Å². The lowest BCUT2D eigenvalue weighted by molar-refractivity contribution is -0.118. The molecule has 1 N–H and O–H groups in total. The monoisotopic (exact) mass is 620 g/mol. The molecule has 0 radical (unpaired) electrons. The van der Waals surface area contributed by atoms with Gasteiger partial charge in [0.1, 0.15) is 18.1 Å². The summed E-state index contributed by atoms with van der Waals surface area (Å²) >= 11 is 16.5. The van der Waals surface area contributed by atoms with E-state index in [1.807, 2.05) is 48.5 Å². The molecule has 0 saturated carbocycles. The molecule has 37 heavy (non-hydrogen) atoms. The molecule has 3 aromatic carbocycles. The lowest BCUT2D eigenvalue weighted by Gasteiger charge is -2.08. The Kier molecular flexibility index (Phi) is 9.84. The first-order valence-corrected chi connectivity index (χ1v) is 13.3. The van der Waals surface area contributed by atoms with E-state index >= 15 is 0 Å². The van der Waals surface area contributed by atoms with Crippen LogP contribution in [0.15, 0.2) is 85.9 Å². The highest BCUT2D eigenvalue weighted by Crippen LogP contribution is 2.28. The number of nitrogens with zero attached hydrogens (tertiary/aromatic N) is 3. The van der Waals surface area contributed by atoms with Gasteiger partial charge in [-0.05, 0) is 63.5 Å². The molecule has 1 amide bonds. The van der Waals surface area contributed by atoms with Crippen molar-refractivity contribution >= 4 is 63.0 Å². The SMILES string of the molecule is O=C(CSc1nnc(COc2ccc(Cl)cc2Cl)o1)N/N=C\c1ccc(OCc2ccccc2)c(Br)c1. The Morgan fingerprint density at radius 1 is 1.03 bits per heavy atom. The minimum atomic E-state index is -0.327. The average molecular weight is 622 g/mol. The minimum absolute atomic E-state index is 0.0248. The third-order valence-corrected chi connectivity index (χ3v) is 6.58. The molecule has 0 unspecified atom stereocenters. The van der Waals surface area contributed by atoms with Gasteiger partial charge >= 0.3 is 0 Å². The summed E-state index contributed by atoms with van der Waals surface area (Å²) in [5.74, 6) is 1.11. The molecule has 0 saturated heterocycles. The van der Waals surface area contributed by atoms with Crippen LogP contribution in [0, 0.1) is 0 Å². The van der Waals surface area contributed by atoms with E-state index in [9.17, 15) is 4.79 Å². The zero-order valence-corrected chi connectivity index (χ0v) is 23.0. The summed E-state index contributed by atoms with van der Waals surface area (Å²) < 4.78 is 17.7. The predicted molar refractivity (Wildman–Crippen MR) is 146 cm³/mol. The smallest absolute Gasteiger partial charge is 0.277 e. The van der Waals surface area contributed by atoms with Crippen LogP contribution >= 0.6 is 50.9 Å². The third kappa shape index (κ3) is 8.50. The highest BCUT2D eigenvalue weighted by molar-refractivity contribution is 9.10. The van der Waals surface area contributed by atoms with E-state index in [1.54, 1.807) is 24.4 Å². The van der Waals surface area contributed by atoms with Gasteiger partial charge in [-0.25, -0.2) is 5.43 Å². The lowest BCUT2D eigenvalue weighted by atomic mass is 10.2. The number of ether oxygens (including phenoxy) is 2. The Hall–Kier alpha value is -3.05. The molecule has 0 spiro atoms. The molecule has 0 bridgehead atoms. The largest absolute Gasteiger partial charge is 0.488 e. The molecule has 8 nitrogen and oxygen atoms in total. The first-order chi connectivity index (χ1) is 18.0. The van der Waals surface area contributed by atoms with E-state index in [0.717, 1.165) is 27.4 Å². The summed E-state index contributed by atoms with van der Waals surface area (Å²) in [7, 11) is 0. The van der Waals surface area contributed by atoms with Crippen LogP contribution in [0.1, 0.15) is 17.0 Å². The van der Waals surface area contributed by atoms with Gasteiger partial charge < -0.3 is 13.9 Å². The number of carbonyl (C=O) groups excluding carboxylic acids is 1. The number of amides is 1. The summed E-state index contributed by atoms with van der Waals surface area (Å²) in [4.78, 5) is 12.1. The Balaban J connectivity index is 1.19. The van der Waals surface area contributed by atoms with Crippen LogP contribution in [0.5, 0.6) is 11.5 Å². The van der Waals surface area contributed by atoms with E-state index in [2.05, 4.69) is 36.7 Å². The van der Waals surface area contributed by atoms with Crippen molar-refractivity contribution in [2.75, 3.05) is 5.75 Å². The van der Waals surface area contributed by atoms with E-state index in [-0.39, 0.29) is 29.4 Å². The highest BCUT2D eigenvalue weighted by atomic mass is 79.9. The number of carbonyl (C=O) groups is 1. The Morgan fingerprint density at radius 3 is 2.59 bits per heavy atom. The second-order valence-corrected chi connectivity index (χ2v) is 10.00. The Morgan fingerprint density at radius 2 is 1.81 bits per heavy atom. The summed E-state index contributed by atoms with van der Waals surface area (Å²) in [6, 6.07) is 20.3. The van der Waals surface area contributed by atoms with Crippen molar-refractivity contribution in [3.8, 4) is 11.5 Å². The van der Waals surface area contributed by atoms with Gasteiger partial charge in [-0.2, -0.15) is 5.10 Å². The molecule has 0 fully saturated rings. The number of hydrazone groups is 1. The summed E-state index contributed by atoms with van der Waals surface area (Å²) in [6.45, 7) is 0.489. The number of thioether (sulfide) groups is 1. The molecule has 0 atom stereocenters. The number of benzene rings is 3. The maximum Gasteiger partial charge on any atom is 0.277 e. The number of nitrogens with one attached hydrogen (secondary N) is 1. The first kappa shape index (κ1) is 27.0. The number of rotatable bonds is 11. The molecular formula is C25H19BrCl2N4O4S. The van der Waals surface area contributed by atoms with Gasteiger partial charge in [-0.15, -0.1) is 10.2 Å². The Bertz CT molecular complexity index is 1390. The number of halogens is 3. The number of aromatic nitrogens is 2. The molecule has 0 aliphatic carbocycles. The van der Waals surface area contributed by atoms with Gasteiger partial charge in [-0.1, -0.05) is 65.3 Å². The van der Waals surface area contributed by atoms with Crippen molar-refractivity contribution in [3.63, 3.8) is 0 Å². The van der Waals surface area contributed by atoms with E-state index in [0.29, 0.717) is 28.2 Å². The van der Waals surface area contributed by atoms with Crippen molar-refractivity contribution in [1.29, 1.82) is 0 Å². The minimum Gasteiger partial charge on any atom is -0.488 e. The van der Waals surface area contributed by atoms with Crippen molar-refractivity contribution in [2.45, 2.75) is 18.4 Å². The van der Waals surface area contributed by atoms with Crippen molar-refractivity contribution in [3.05, 3.63) is 98.3 Å². The quantitative estimate of drug-likeness (QED) is 0.115. The zero-order chi connectivity index (χ0) is 26.0. The Labute approximate surface area is 235 Å². The van der Waals surface area contributed by atoms with E-state index in [4.69, 9.17) is 37.1 Å². The van der Waals surface area contributed by atoms with Crippen molar-refractivity contribution < 1.29 is 18.7 Å². The normalized spacial score (nSPS) is 11.0. The van der Waals surface area contributed by atoms with Crippen molar-refractivity contribution in [2.24, 2.45) is 5.10 Å². The second kappa shape index (κ2) is 13.5. The fourth-order valence-electron chi connectivity index (χ4n) is 2.87. The summed E-state index contributed by atoms with van der Waals surface area (Å²) in [5, 5.41) is 12.9. The fourth-order valence-corrected chi connectivity index (χ4v) is 4.42. The van der Waals surface area contributed by atoms with E-state index < -0.39 is 0 Å². The van der Waals surface area contributed by atoms with Gasteiger partial charge in [0.2, 0.25) is 0 Å². The van der Waals surface area contributed by atoms with Gasteiger partial charge in [-0.3, -0.25) is 4.79 Å². The standard InChI is InChI=1S/C25H19BrCl2N4O4S/c26-19-10-17(6-8-21(19)34-13-16-4-2-1-3-5-16)12-29-30-23(33)15-37-25-32-31-24(36-25)14-35-22-9-7-18(27)11-20(22)28/h1-12H,13-15H2,(H,30,33)/b29-12-. The van der Waals surface area contributed by atoms with Crippen LogP contribution in [0.25, 0.3) is 0 Å². The molecule has 4 aromatic rings. The van der Waals surface area contributed by atoms with Gasteiger partial charge in [0.15, 0.2) is 6.61 Å². The highest BCUT2D eigenvalue weighted by Gasteiger charge is 2.11. The molecular weight excluding hydrogens is 603 g/mol. The maximum absolute atomic E-state index is 12.1. The fraction of sp³-hybridized carbons (Fsp3) is 0.120. The second-order valence-electron chi connectivity index (χ2n) is 7.37. The molecule has 0 aliphatic heterocycles. The zero-order valence-electron chi connectivity index (χ0n) is 19.1. The van der Waals surface area contributed by atoms with Crippen LogP contribution < -0.4 is 14.9 Å². The molecule has 4 rings (SSSR count). The molecule has 1 aromatic heterocycles. The molecule has 0 aliphatic rings. The van der Waals surface area contributed by atoms with Gasteiger partial charge in [0.05, 0.1) is 21.5 Å². The molecule has 190 valence electrons. The first-order valence-electron chi connectivity index (χ1n) is 10.8. The number of hydrogen-bond acceptors (Lipinski definition) is 8. The topological polar surface area (TPSA) is 98.8 Å². The molecule has 1 heterocycles. The van der Waals surface area contributed by atoms with Crippen molar-refractivity contribution in [1.82, 2.24) is 15.6 Å². The lowest BCUT2D eigenvalue weighted by Crippen LogP contribution is -2.19.